The molecule has 0 saturated heterocycles. The first-order chi connectivity index (χ1) is 20.4. The fraction of sp³-hybridized carbons (Fsp3) is 0.897. The summed E-state index contributed by atoms with van der Waals surface area (Å²) in [7, 11) is 2.12. The van der Waals surface area contributed by atoms with E-state index in [9.17, 15) is 14.7 Å². The van der Waals surface area contributed by atoms with Gasteiger partial charge in [0, 0.05) is 5.41 Å². The molecule has 5 saturated carbocycles. The predicted octanol–water partition coefficient (Wildman–Crippen LogP) is 9.06. The minimum atomic E-state index is -0.866. The van der Waals surface area contributed by atoms with Crippen LogP contribution in [0.15, 0.2) is 12.2 Å². The molecule has 250 valence electrons. The molecule has 0 aliphatic heterocycles. The predicted molar refractivity (Wildman–Crippen MR) is 178 cm³/mol. The Labute approximate surface area is 269 Å². The second kappa shape index (κ2) is 11.4. The number of nitrogens with one attached hydrogen (secondary N) is 1. The van der Waals surface area contributed by atoms with Gasteiger partial charge in [0.15, 0.2) is 0 Å². The van der Waals surface area contributed by atoms with E-state index in [4.69, 9.17) is 4.74 Å². The maximum atomic E-state index is 13.1. The minimum Gasteiger partial charge on any atom is -0.481 e. The van der Waals surface area contributed by atoms with Gasteiger partial charge in [0.05, 0.1) is 12.8 Å². The van der Waals surface area contributed by atoms with E-state index in [0.29, 0.717) is 34.0 Å². The Morgan fingerprint density at radius 3 is 2.23 bits per heavy atom. The van der Waals surface area contributed by atoms with Crippen molar-refractivity contribution in [1.29, 1.82) is 0 Å². The van der Waals surface area contributed by atoms with E-state index < -0.39 is 11.4 Å². The molecular weight excluding hydrogens is 546 g/mol. The average molecular weight is 612 g/mol. The molecule has 5 nitrogen and oxygen atoms in total. The zero-order valence-corrected chi connectivity index (χ0v) is 29.7. The van der Waals surface area contributed by atoms with E-state index >= 15 is 0 Å². The number of carboxylic acid groups (broad SMARTS) is 1. The number of rotatable bonds is 9. The Morgan fingerprint density at radius 1 is 0.886 bits per heavy atom. The number of ether oxygens (including phenoxy) is 1. The van der Waals surface area contributed by atoms with Crippen molar-refractivity contribution in [2.24, 2.45) is 62.1 Å². The van der Waals surface area contributed by atoms with Gasteiger partial charge in [-0.3, -0.25) is 9.59 Å². The van der Waals surface area contributed by atoms with Crippen LogP contribution in [0.3, 0.4) is 0 Å². The van der Waals surface area contributed by atoms with Crippen molar-refractivity contribution < 1.29 is 19.4 Å². The number of carbonyl (C=O) groups excluding carboxylic acids is 1. The summed E-state index contributed by atoms with van der Waals surface area (Å²) in [5.41, 5.74) is 2.09. The maximum Gasteiger partial charge on any atom is 0.306 e. The minimum absolute atomic E-state index is 0.0263. The van der Waals surface area contributed by atoms with E-state index in [0.717, 1.165) is 31.2 Å². The van der Waals surface area contributed by atoms with Crippen LogP contribution in [-0.4, -0.2) is 36.7 Å². The maximum absolute atomic E-state index is 13.1. The molecule has 5 fully saturated rings. The molecule has 5 unspecified atom stereocenters. The van der Waals surface area contributed by atoms with Crippen molar-refractivity contribution in [3.63, 3.8) is 0 Å². The number of allylic oxidation sites excluding steroid dienone is 1. The van der Waals surface area contributed by atoms with Crippen molar-refractivity contribution in [1.82, 2.24) is 5.32 Å². The van der Waals surface area contributed by atoms with Crippen LogP contribution in [0.1, 0.15) is 139 Å². The topological polar surface area (TPSA) is 75.6 Å². The second-order valence-corrected chi connectivity index (χ2v) is 18.7. The van der Waals surface area contributed by atoms with Gasteiger partial charge in [-0.2, -0.15) is 0 Å². The first-order valence-corrected chi connectivity index (χ1v) is 18.1. The standard InChI is InChI=1S/C39H65NO4/c1-25(2)26-13-18-39(21-22-40-10)20-19-37(8)27(33(26)39)11-12-29-36(7)16-15-30(35(5,6)28(36)14-17-38(29,37)9)44-32(43)24-34(3,4)23-31(41)42/h26-30,33,40H,1,11-24H2,2-10H3,(H,41,42)/t26?,27?,28?,29?,30-,33?,36-,37+,38+,39+/m0/s1. The van der Waals surface area contributed by atoms with E-state index in [2.05, 4.69) is 60.5 Å². The fourth-order valence-corrected chi connectivity index (χ4v) is 13.3. The van der Waals surface area contributed by atoms with Gasteiger partial charge in [-0.15, -0.1) is 0 Å². The summed E-state index contributed by atoms with van der Waals surface area (Å²) in [6.07, 6.45) is 14.0. The molecule has 0 aromatic rings. The third kappa shape index (κ3) is 5.22. The number of carbonyl (C=O) groups is 2. The van der Waals surface area contributed by atoms with E-state index in [1.54, 1.807) is 0 Å². The number of carboxylic acids is 1. The molecule has 0 radical (unpaired) electrons. The monoisotopic (exact) mass is 611 g/mol. The van der Waals surface area contributed by atoms with Gasteiger partial charge in [-0.25, -0.2) is 0 Å². The molecule has 5 aliphatic rings. The normalized spacial score (nSPS) is 44.5. The second-order valence-electron chi connectivity index (χ2n) is 18.7. The largest absolute Gasteiger partial charge is 0.481 e. The smallest absolute Gasteiger partial charge is 0.306 e. The summed E-state index contributed by atoms with van der Waals surface area (Å²) in [6, 6.07) is 0. The summed E-state index contributed by atoms with van der Waals surface area (Å²) < 4.78 is 6.26. The van der Waals surface area contributed by atoms with Crippen LogP contribution in [0.5, 0.6) is 0 Å². The first kappa shape index (κ1) is 34.0. The summed E-state index contributed by atoms with van der Waals surface area (Å²) in [5, 5.41) is 12.8. The zero-order chi connectivity index (χ0) is 32.5. The van der Waals surface area contributed by atoms with Gasteiger partial charge in [-0.05, 0) is 148 Å². The summed E-state index contributed by atoms with van der Waals surface area (Å²) in [5.74, 6) is 2.32. The highest BCUT2D eigenvalue weighted by atomic mass is 16.5. The van der Waals surface area contributed by atoms with Crippen molar-refractivity contribution >= 4 is 11.9 Å². The van der Waals surface area contributed by atoms with Gasteiger partial charge in [0.1, 0.15) is 6.10 Å². The highest BCUT2D eigenvalue weighted by Gasteiger charge is 2.71. The molecule has 0 amide bonds. The first-order valence-electron chi connectivity index (χ1n) is 18.1. The lowest BCUT2D eigenvalue weighted by atomic mass is 9.32. The molecule has 0 heterocycles. The number of hydrogen-bond donors (Lipinski definition) is 2. The molecule has 5 heteroatoms. The number of hydrogen-bond acceptors (Lipinski definition) is 4. The van der Waals surface area contributed by atoms with Crippen molar-refractivity contribution in [2.75, 3.05) is 13.6 Å². The molecule has 44 heavy (non-hydrogen) atoms. The third-order valence-corrected chi connectivity index (χ3v) is 15.6. The van der Waals surface area contributed by atoms with Gasteiger partial charge in [-0.1, -0.05) is 60.6 Å². The van der Waals surface area contributed by atoms with Crippen LogP contribution in [0.4, 0.5) is 0 Å². The van der Waals surface area contributed by atoms with Crippen LogP contribution >= 0.6 is 0 Å². The summed E-state index contributed by atoms with van der Waals surface area (Å²) in [4.78, 5) is 24.5. The van der Waals surface area contributed by atoms with Gasteiger partial charge in [0.2, 0.25) is 0 Å². The molecule has 0 bridgehead atoms. The van der Waals surface area contributed by atoms with Gasteiger partial charge in [0.25, 0.3) is 0 Å². The third-order valence-electron chi connectivity index (χ3n) is 15.6. The Bertz CT molecular complexity index is 1140. The molecule has 2 N–H and O–H groups in total. The van der Waals surface area contributed by atoms with E-state index in [1.165, 1.54) is 63.4 Å². The van der Waals surface area contributed by atoms with Crippen LogP contribution in [0.25, 0.3) is 0 Å². The SMILES string of the molecule is C=C(C)C1CC[C@]2(CCNC)CC[C@]3(C)C(CCC4[C@@]5(C)CC[C@H](OC(=O)CC(C)(C)CC(=O)O)C(C)(C)C5CC[C@]43C)C12. The number of aliphatic carboxylic acids is 1. The molecule has 5 rings (SSSR count). The molecule has 0 aromatic heterocycles. The van der Waals surface area contributed by atoms with E-state index in [1.807, 2.05) is 13.8 Å². The Balaban J connectivity index is 1.39. The molecule has 10 atom stereocenters. The number of esters is 1. The van der Waals surface area contributed by atoms with E-state index in [-0.39, 0.29) is 35.7 Å². The Morgan fingerprint density at radius 2 is 1.59 bits per heavy atom. The van der Waals surface area contributed by atoms with Crippen molar-refractivity contribution in [2.45, 2.75) is 145 Å². The quantitative estimate of drug-likeness (QED) is 0.201. The Hall–Kier alpha value is -1.36. The molecule has 0 spiro atoms. The lowest BCUT2D eigenvalue weighted by Gasteiger charge is -2.73. The molecule has 5 aliphatic carbocycles. The van der Waals surface area contributed by atoms with Gasteiger partial charge >= 0.3 is 11.9 Å². The summed E-state index contributed by atoms with van der Waals surface area (Å²) >= 11 is 0. The average Bonchev–Trinajstić information content (AvgIpc) is 3.28. The van der Waals surface area contributed by atoms with Crippen LogP contribution in [0.2, 0.25) is 0 Å². The lowest BCUT2D eigenvalue weighted by molar-refractivity contribution is -0.250. The van der Waals surface area contributed by atoms with Gasteiger partial charge < -0.3 is 15.2 Å². The summed E-state index contributed by atoms with van der Waals surface area (Å²) in [6.45, 7) is 24.5. The number of fused-ring (bicyclic) bond motifs is 7. The Kier molecular flexibility index (Phi) is 8.81. The van der Waals surface area contributed by atoms with Crippen molar-refractivity contribution in [3.05, 3.63) is 12.2 Å². The fourth-order valence-electron chi connectivity index (χ4n) is 13.3. The lowest BCUT2D eigenvalue weighted by Crippen LogP contribution is -2.66. The zero-order valence-electron chi connectivity index (χ0n) is 29.7. The van der Waals surface area contributed by atoms with Crippen LogP contribution in [0, 0.1) is 62.1 Å². The van der Waals surface area contributed by atoms with Crippen LogP contribution < -0.4 is 5.32 Å². The highest BCUT2D eigenvalue weighted by molar-refractivity contribution is 5.73. The highest BCUT2D eigenvalue weighted by Crippen LogP contribution is 2.78. The molecular formula is C39H65NO4. The van der Waals surface area contributed by atoms with Crippen molar-refractivity contribution in [3.8, 4) is 0 Å². The molecule has 0 aromatic carbocycles. The van der Waals surface area contributed by atoms with Crippen LogP contribution in [-0.2, 0) is 14.3 Å².